The smallest absolute Gasteiger partial charge is 0.244 e. The third-order valence-corrected chi connectivity index (χ3v) is 10.1. The number of para-hydroxylation sites is 2. The number of allylic oxidation sites excluding steroid dienone is 2. The lowest BCUT2D eigenvalue weighted by Crippen LogP contribution is -2.50. The number of piperazine rings is 1. The van der Waals surface area contributed by atoms with Gasteiger partial charge in [-0.05, 0) is 48.9 Å². The number of hydrogen-bond donors (Lipinski definition) is 2. The summed E-state index contributed by atoms with van der Waals surface area (Å²) >= 11 is 12.3. The fourth-order valence-corrected chi connectivity index (χ4v) is 7.21. The molecule has 3 N–H and O–H groups in total. The lowest BCUT2D eigenvalue weighted by Gasteiger charge is -2.39. The van der Waals surface area contributed by atoms with Gasteiger partial charge in [0.25, 0.3) is 0 Å². The van der Waals surface area contributed by atoms with Gasteiger partial charge in [-0.15, -0.1) is 0 Å². The van der Waals surface area contributed by atoms with Crippen LogP contribution in [-0.2, 0) is 14.8 Å². The van der Waals surface area contributed by atoms with Gasteiger partial charge in [-0.2, -0.15) is 0 Å². The molecule has 42 heavy (non-hydrogen) atoms. The number of benzene rings is 2. The van der Waals surface area contributed by atoms with Gasteiger partial charge in [0.15, 0.2) is 5.75 Å². The maximum atomic E-state index is 14.2. The van der Waals surface area contributed by atoms with Gasteiger partial charge in [0.1, 0.15) is 10.5 Å². The molecule has 1 aliphatic heterocycles. The second-order valence-electron chi connectivity index (χ2n) is 10.2. The molecule has 3 aromatic rings. The second-order valence-corrected chi connectivity index (χ2v) is 13.1. The van der Waals surface area contributed by atoms with Gasteiger partial charge in [0, 0.05) is 67.8 Å². The van der Waals surface area contributed by atoms with Gasteiger partial charge >= 0.3 is 0 Å². The second kappa shape index (κ2) is 12.7. The minimum Gasteiger partial charge on any atom is -0.454 e. The molecule has 1 unspecified atom stereocenters. The van der Waals surface area contributed by atoms with Crippen LogP contribution >= 0.6 is 23.2 Å². The molecule has 2 aromatic carbocycles. The van der Waals surface area contributed by atoms with E-state index in [0.29, 0.717) is 17.3 Å². The zero-order valence-electron chi connectivity index (χ0n) is 22.7. The lowest BCUT2D eigenvalue weighted by atomic mass is 9.90. The molecule has 0 radical (unpaired) electrons. The molecule has 1 amide bonds. The summed E-state index contributed by atoms with van der Waals surface area (Å²) in [6.45, 7) is 3.67. The largest absolute Gasteiger partial charge is 0.454 e. The molecule has 9 nitrogen and oxygen atoms in total. The van der Waals surface area contributed by atoms with E-state index in [1.807, 2.05) is 12.1 Å². The van der Waals surface area contributed by atoms with Crippen LogP contribution in [0.4, 0.5) is 11.4 Å². The van der Waals surface area contributed by atoms with Crippen molar-refractivity contribution in [3.8, 4) is 11.5 Å². The van der Waals surface area contributed by atoms with E-state index in [2.05, 4.69) is 19.5 Å². The van der Waals surface area contributed by atoms with Crippen molar-refractivity contribution in [3.05, 3.63) is 101 Å². The van der Waals surface area contributed by atoms with Gasteiger partial charge in [-0.1, -0.05) is 53.6 Å². The number of aromatic nitrogens is 1. The summed E-state index contributed by atoms with van der Waals surface area (Å²) in [5.41, 5.74) is 7.21. The number of hydrogen-bond acceptors (Lipinski definition) is 7. The Kier molecular flexibility index (Phi) is 9.08. The number of nitrogens with two attached hydrogens (primary N) is 1. The summed E-state index contributed by atoms with van der Waals surface area (Å²) in [6, 6.07) is 15.4. The number of carbonyl (C=O) groups is 1. The van der Waals surface area contributed by atoms with Gasteiger partial charge in [0.2, 0.25) is 15.9 Å². The number of rotatable bonds is 10. The molecule has 220 valence electrons. The first-order valence-corrected chi connectivity index (χ1v) is 15.7. The third-order valence-electron chi connectivity index (χ3n) is 7.54. The molecule has 1 atom stereocenters. The van der Waals surface area contributed by atoms with Crippen molar-refractivity contribution in [1.29, 1.82) is 0 Å². The van der Waals surface area contributed by atoms with Crippen LogP contribution in [0.15, 0.2) is 90.8 Å². The minimum atomic E-state index is -4.11. The highest BCUT2D eigenvalue weighted by molar-refractivity contribution is 7.94. The van der Waals surface area contributed by atoms with Crippen LogP contribution in [0.1, 0.15) is 12.8 Å². The zero-order valence-corrected chi connectivity index (χ0v) is 25.1. The van der Waals surface area contributed by atoms with E-state index in [1.54, 1.807) is 73.1 Å². The number of primary amides is 1. The highest BCUT2D eigenvalue weighted by Crippen LogP contribution is 2.39. The number of sulfonamides is 1. The summed E-state index contributed by atoms with van der Waals surface area (Å²) in [5, 5.41) is 0.733. The Morgan fingerprint density at radius 2 is 1.76 bits per heavy atom. The summed E-state index contributed by atoms with van der Waals surface area (Å²) in [5.74, 6) is -0.0611. The molecule has 5 rings (SSSR count). The molecule has 2 aliphatic rings. The molecule has 1 aliphatic carbocycles. The first-order chi connectivity index (χ1) is 20.2. The standard InChI is InChI=1S/C30H31Cl2N5O4S/c31-23-7-8-27(25(32)20-23)41-28-6-2-1-5-26(28)35-42(39,40)30(11-3-4-22(21-30)29(33)38)12-15-36-16-18-37(19-17-36)24-9-13-34-14-10-24/h1-11,13-14,20,35H,12,15-19,21H2,(H2,33,38). The van der Waals surface area contributed by atoms with E-state index in [1.165, 1.54) is 0 Å². The van der Waals surface area contributed by atoms with E-state index < -0.39 is 20.7 Å². The fourth-order valence-electron chi connectivity index (χ4n) is 5.13. The Morgan fingerprint density at radius 3 is 2.48 bits per heavy atom. The number of amides is 1. The first kappa shape index (κ1) is 29.9. The van der Waals surface area contributed by atoms with Crippen LogP contribution in [-0.4, -0.2) is 61.7 Å². The summed E-state index contributed by atoms with van der Waals surface area (Å²) in [6.07, 6.45) is 8.57. The molecular formula is C30H31Cl2N5O4S. The van der Waals surface area contributed by atoms with Crippen LogP contribution in [0.2, 0.25) is 10.0 Å². The molecule has 1 saturated heterocycles. The van der Waals surface area contributed by atoms with Crippen molar-refractivity contribution in [1.82, 2.24) is 9.88 Å². The summed E-state index contributed by atoms with van der Waals surface area (Å²) in [4.78, 5) is 20.8. The Hall–Kier alpha value is -3.57. The quantitative estimate of drug-likeness (QED) is 0.315. The molecule has 12 heteroatoms. The van der Waals surface area contributed by atoms with Crippen LogP contribution < -0.4 is 20.1 Å². The van der Waals surface area contributed by atoms with Crippen LogP contribution in [0.3, 0.4) is 0 Å². The Labute approximate surface area is 255 Å². The highest BCUT2D eigenvalue weighted by atomic mass is 35.5. The van der Waals surface area contributed by atoms with E-state index in [-0.39, 0.29) is 34.9 Å². The molecule has 2 heterocycles. The van der Waals surface area contributed by atoms with Crippen molar-refractivity contribution in [2.24, 2.45) is 5.73 Å². The van der Waals surface area contributed by atoms with E-state index in [4.69, 9.17) is 33.7 Å². The predicted octanol–water partition coefficient (Wildman–Crippen LogP) is 5.25. The number of pyridine rings is 1. The van der Waals surface area contributed by atoms with Crippen molar-refractivity contribution in [3.63, 3.8) is 0 Å². The minimum absolute atomic E-state index is 0.0445. The van der Waals surface area contributed by atoms with Crippen molar-refractivity contribution in [2.45, 2.75) is 17.6 Å². The van der Waals surface area contributed by atoms with E-state index in [0.717, 1.165) is 31.9 Å². The van der Waals surface area contributed by atoms with Crippen LogP contribution in [0.25, 0.3) is 0 Å². The monoisotopic (exact) mass is 627 g/mol. The number of nitrogens with zero attached hydrogens (tertiary/aromatic N) is 3. The SMILES string of the molecule is NC(=O)C1=CC=CC(CCN2CCN(c3ccncc3)CC2)(S(=O)(=O)Nc2ccccc2Oc2ccc(Cl)cc2Cl)C1. The molecular weight excluding hydrogens is 597 g/mol. The molecule has 0 spiro atoms. The number of ether oxygens (including phenoxy) is 1. The van der Waals surface area contributed by atoms with E-state index in [9.17, 15) is 13.2 Å². The summed E-state index contributed by atoms with van der Waals surface area (Å²) in [7, 11) is -4.11. The number of halogens is 2. The van der Waals surface area contributed by atoms with E-state index >= 15 is 0 Å². The van der Waals surface area contributed by atoms with Crippen molar-refractivity contribution >= 4 is 50.5 Å². The van der Waals surface area contributed by atoms with Gasteiger partial charge < -0.3 is 15.4 Å². The normalized spacial score (nSPS) is 19.3. The predicted molar refractivity (Wildman–Crippen MR) is 167 cm³/mol. The van der Waals surface area contributed by atoms with Crippen LogP contribution in [0.5, 0.6) is 11.5 Å². The van der Waals surface area contributed by atoms with Gasteiger partial charge in [0.05, 0.1) is 10.7 Å². The van der Waals surface area contributed by atoms with Crippen LogP contribution in [0, 0.1) is 0 Å². The Morgan fingerprint density at radius 1 is 1.02 bits per heavy atom. The fraction of sp³-hybridized carbons (Fsp3) is 0.267. The highest BCUT2D eigenvalue weighted by Gasteiger charge is 2.44. The average Bonchev–Trinajstić information content (AvgIpc) is 2.99. The Bertz CT molecular complexity index is 1610. The van der Waals surface area contributed by atoms with Gasteiger partial charge in [-0.25, -0.2) is 8.42 Å². The first-order valence-electron chi connectivity index (χ1n) is 13.5. The molecule has 1 fully saturated rings. The topological polar surface area (TPSA) is 118 Å². The third kappa shape index (κ3) is 6.73. The molecule has 0 saturated carbocycles. The number of anilines is 2. The number of nitrogens with one attached hydrogen (secondary N) is 1. The lowest BCUT2D eigenvalue weighted by molar-refractivity contribution is -0.114. The Balaban J connectivity index is 1.35. The zero-order chi connectivity index (χ0) is 29.7. The van der Waals surface area contributed by atoms with Gasteiger partial charge in [-0.3, -0.25) is 19.4 Å². The summed E-state index contributed by atoms with van der Waals surface area (Å²) < 4.78 is 35.7. The molecule has 1 aromatic heterocycles. The van der Waals surface area contributed by atoms with Crippen molar-refractivity contribution in [2.75, 3.05) is 42.3 Å². The van der Waals surface area contributed by atoms with Crippen molar-refractivity contribution < 1.29 is 17.9 Å². The molecule has 0 bridgehead atoms. The average molecular weight is 629 g/mol. The maximum absolute atomic E-state index is 14.2. The maximum Gasteiger partial charge on any atom is 0.244 e. The number of carbonyl (C=O) groups excluding carboxylic acids is 1.